The lowest BCUT2D eigenvalue weighted by molar-refractivity contribution is -0.122. The molecule has 4 nitrogen and oxygen atoms in total. The number of H-pyrrole nitrogens is 1. The summed E-state index contributed by atoms with van der Waals surface area (Å²) < 4.78 is 0. The van der Waals surface area contributed by atoms with Crippen molar-refractivity contribution in [2.24, 2.45) is 0 Å². The van der Waals surface area contributed by atoms with Gasteiger partial charge in [0.05, 0.1) is 11.0 Å². The number of amides is 1. The molecule has 70 valence electrons. The molecule has 0 saturated carbocycles. The molecule has 1 aromatic carbocycles. The van der Waals surface area contributed by atoms with E-state index in [-0.39, 0.29) is 5.91 Å². The Bertz CT molecular complexity index is 470. The summed E-state index contributed by atoms with van der Waals surface area (Å²) in [5, 5.41) is 0. The van der Waals surface area contributed by atoms with Crippen LogP contribution in [0.1, 0.15) is 6.42 Å². The van der Waals surface area contributed by atoms with Crippen molar-refractivity contribution in [1.29, 1.82) is 0 Å². The van der Waals surface area contributed by atoms with Crippen LogP contribution in [0.4, 0.5) is 5.95 Å². The van der Waals surface area contributed by atoms with Gasteiger partial charge in [0.1, 0.15) is 0 Å². The van der Waals surface area contributed by atoms with Gasteiger partial charge in [-0.1, -0.05) is 12.1 Å². The molecule has 4 heteroatoms. The van der Waals surface area contributed by atoms with Crippen LogP contribution in [0, 0.1) is 0 Å². The average molecular weight is 187 g/mol. The molecule has 1 saturated heterocycles. The third-order valence-electron chi connectivity index (χ3n) is 2.48. The highest BCUT2D eigenvalue weighted by Gasteiger charge is 2.27. The van der Waals surface area contributed by atoms with Crippen LogP contribution in [-0.2, 0) is 4.79 Å². The molecule has 1 N–H and O–H groups in total. The molecule has 0 radical (unpaired) electrons. The van der Waals surface area contributed by atoms with Crippen LogP contribution < -0.4 is 4.90 Å². The number of para-hydroxylation sites is 2. The number of carbonyl (C=O) groups is 1. The second-order valence-electron chi connectivity index (χ2n) is 3.37. The van der Waals surface area contributed by atoms with Crippen LogP contribution in [0.3, 0.4) is 0 Å². The summed E-state index contributed by atoms with van der Waals surface area (Å²) in [5.41, 5.74) is 1.88. The number of carbonyl (C=O) groups excluding carboxylic acids is 1. The van der Waals surface area contributed by atoms with E-state index in [9.17, 15) is 4.79 Å². The predicted octanol–water partition coefficient (Wildman–Crippen LogP) is 1.30. The normalized spacial score (nSPS) is 16.0. The third kappa shape index (κ3) is 0.937. The van der Waals surface area contributed by atoms with Crippen molar-refractivity contribution >= 4 is 22.9 Å². The highest BCUT2D eigenvalue weighted by molar-refractivity contribution is 5.98. The smallest absolute Gasteiger partial charge is 0.231 e. The van der Waals surface area contributed by atoms with Gasteiger partial charge >= 0.3 is 0 Å². The molecular formula is C10H9N3O. The van der Waals surface area contributed by atoms with Crippen molar-refractivity contribution in [2.45, 2.75) is 6.42 Å². The summed E-state index contributed by atoms with van der Waals surface area (Å²) in [5.74, 6) is 0.812. The minimum absolute atomic E-state index is 0.143. The number of imidazole rings is 1. The quantitative estimate of drug-likeness (QED) is 0.684. The minimum atomic E-state index is 0.143. The molecule has 2 aromatic rings. The second kappa shape index (κ2) is 2.57. The molecular weight excluding hydrogens is 178 g/mol. The number of nitrogens with one attached hydrogen (secondary N) is 1. The molecule has 0 aliphatic carbocycles. The maximum atomic E-state index is 11.2. The average Bonchev–Trinajstić information content (AvgIpc) is 2.58. The number of β-lactam (4-membered cyclic amide) rings is 1. The third-order valence-corrected chi connectivity index (χ3v) is 2.48. The maximum Gasteiger partial charge on any atom is 0.231 e. The monoisotopic (exact) mass is 187 g/mol. The van der Waals surface area contributed by atoms with E-state index in [1.165, 1.54) is 0 Å². The van der Waals surface area contributed by atoms with Gasteiger partial charge < -0.3 is 4.98 Å². The Morgan fingerprint density at radius 1 is 1.36 bits per heavy atom. The van der Waals surface area contributed by atoms with Crippen LogP contribution in [0.2, 0.25) is 0 Å². The van der Waals surface area contributed by atoms with E-state index in [1.807, 2.05) is 24.3 Å². The van der Waals surface area contributed by atoms with Crippen LogP contribution in [0.15, 0.2) is 24.3 Å². The van der Waals surface area contributed by atoms with Gasteiger partial charge in [-0.05, 0) is 12.1 Å². The summed E-state index contributed by atoms with van der Waals surface area (Å²) in [6.45, 7) is 0.776. The Hall–Kier alpha value is -1.84. The van der Waals surface area contributed by atoms with Crippen LogP contribution >= 0.6 is 0 Å². The van der Waals surface area contributed by atoms with E-state index in [2.05, 4.69) is 9.97 Å². The lowest BCUT2D eigenvalue weighted by Crippen LogP contribution is -2.44. The lowest BCUT2D eigenvalue weighted by atomic mass is 10.2. The molecule has 3 rings (SSSR count). The molecule has 0 spiro atoms. The van der Waals surface area contributed by atoms with Gasteiger partial charge in [0.25, 0.3) is 0 Å². The lowest BCUT2D eigenvalue weighted by Gasteiger charge is -2.27. The summed E-state index contributed by atoms with van der Waals surface area (Å²) in [6, 6.07) is 7.77. The fourth-order valence-electron chi connectivity index (χ4n) is 1.61. The molecule has 1 aromatic heterocycles. The fourth-order valence-corrected chi connectivity index (χ4v) is 1.61. The summed E-state index contributed by atoms with van der Waals surface area (Å²) in [4.78, 5) is 20.3. The maximum absolute atomic E-state index is 11.2. The number of rotatable bonds is 1. The van der Waals surface area contributed by atoms with Gasteiger partial charge in [-0.15, -0.1) is 0 Å². The van der Waals surface area contributed by atoms with Crippen LogP contribution in [0.25, 0.3) is 11.0 Å². The Balaban J connectivity index is 2.10. The molecule has 1 aliphatic rings. The number of aromatic amines is 1. The van der Waals surface area contributed by atoms with E-state index in [1.54, 1.807) is 4.90 Å². The van der Waals surface area contributed by atoms with E-state index in [4.69, 9.17) is 0 Å². The molecule has 0 bridgehead atoms. The zero-order valence-electron chi connectivity index (χ0n) is 7.53. The van der Waals surface area contributed by atoms with Crippen molar-refractivity contribution < 1.29 is 4.79 Å². The topological polar surface area (TPSA) is 49.0 Å². The van der Waals surface area contributed by atoms with Gasteiger partial charge in [-0.3, -0.25) is 9.69 Å². The van der Waals surface area contributed by atoms with E-state index >= 15 is 0 Å². The molecule has 1 fully saturated rings. The first kappa shape index (κ1) is 7.55. The SMILES string of the molecule is O=C1CCN1c1nc2ccccc2[nH]1. The Kier molecular flexibility index (Phi) is 1.39. The number of anilines is 1. The minimum Gasteiger partial charge on any atom is -0.324 e. The number of aromatic nitrogens is 2. The number of hydrogen-bond acceptors (Lipinski definition) is 2. The standard InChI is InChI=1S/C10H9N3O/c14-9-5-6-13(9)10-11-7-3-1-2-4-8(7)12-10/h1-4H,5-6H2,(H,11,12). The van der Waals surface area contributed by atoms with Gasteiger partial charge in [0.2, 0.25) is 11.9 Å². The van der Waals surface area contributed by atoms with Crippen LogP contribution in [0.5, 0.6) is 0 Å². The first-order chi connectivity index (χ1) is 6.84. The van der Waals surface area contributed by atoms with Crippen molar-refractivity contribution in [3.05, 3.63) is 24.3 Å². The second-order valence-corrected chi connectivity index (χ2v) is 3.37. The van der Waals surface area contributed by atoms with E-state index in [0.29, 0.717) is 12.4 Å². The zero-order chi connectivity index (χ0) is 9.54. The number of hydrogen-bond donors (Lipinski definition) is 1. The van der Waals surface area contributed by atoms with E-state index < -0.39 is 0 Å². The van der Waals surface area contributed by atoms with E-state index in [0.717, 1.165) is 17.6 Å². The van der Waals surface area contributed by atoms with Gasteiger partial charge in [0, 0.05) is 13.0 Å². The highest BCUT2D eigenvalue weighted by Crippen LogP contribution is 2.21. The van der Waals surface area contributed by atoms with Crippen molar-refractivity contribution in [1.82, 2.24) is 9.97 Å². The molecule has 0 unspecified atom stereocenters. The van der Waals surface area contributed by atoms with Crippen molar-refractivity contribution in [3.8, 4) is 0 Å². The Morgan fingerprint density at radius 3 is 2.86 bits per heavy atom. The summed E-state index contributed by atoms with van der Waals surface area (Å²) in [6.07, 6.45) is 0.636. The summed E-state index contributed by atoms with van der Waals surface area (Å²) >= 11 is 0. The summed E-state index contributed by atoms with van der Waals surface area (Å²) in [7, 11) is 0. The first-order valence-electron chi connectivity index (χ1n) is 4.60. The fraction of sp³-hybridized carbons (Fsp3) is 0.200. The molecule has 0 atom stereocenters. The molecule has 1 amide bonds. The predicted molar refractivity (Wildman–Crippen MR) is 53.1 cm³/mol. The molecule has 1 aliphatic heterocycles. The Morgan fingerprint density at radius 2 is 2.21 bits per heavy atom. The van der Waals surface area contributed by atoms with Gasteiger partial charge in [0.15, 0.2) is 0 Å². The largest absolute Gasteiger partial charge is 0.324 e. The van der Waals surface area contributed by atoms with Crippen LogP contribution in [-0.4, -0.2) is 22.4 Å². The molecule has 14 heavy (non-hydrogen) atoms. The van der Waals surface area contributed by atoms with Gasteiger partial charge in [-0.2, -0.15) is 0 Å². The first-order valence-corrected chi connectivity index (χ1v) is 4.60. The number of fused-ring (bicyclic) bond motifs is 1. The molecule has 2 heterocycles. The van der Waals surface area contributed by atoms with Crippen molar-refractivity contribution in [3.63, 3.8) is 0 Å². The van der Waals surface area contributed by atoms with Gasteiger partial charge in [-0.25, -0.2) is 4.98 Å². The Labute approximate surface area is 80.6 Å². The zero-order valence-corrected chi connectivity index (χ0v) is 7.53. The van der Waals surface area contributed by atoms with Crippen molar-refractivity contribution in [2.75, 3.05) is 11.4 Å². The number of benzene rings is 1. The number of nitrogens with zero attached hydrogens (tertiary/aromatic N) is 2. The highest BCUT2D eigenvalue weighted by atomic mass is 16.2.